The molecule has 0 N–H and O–H groups in total. The second kappa shape index (κ2) is 10.3. The van der Waals surface area contributed by atoms with Crippen molar-refractivity contribution in [3.8, 4) is 0 Å². The number of benzene rings is 2. The number of nitrogens with zero attached hydrogens (tertiary/aromatic N) is 3. The van der Waals surface area contributed by atoms with E-state index in [1.807, 2.05) is 35.7 Å². The van der Waals surface area contributed by atoms with Crippen LogP contribution in [0.15, 0.2) is 85.7 Å². The minimum absolute atomic E-state index is 0.320. The Morgan fingerprint density at radius 1 is 1.00 bits per heavy atom. The van der Waals surface area contributed by atoms with Gasteiger partial charge in [0.25, 0.3) is 0 Å². The van der Waals surface area contributed by atoms with Crippen LogP contribution in [0.5, 0.6) is 0 Å². The molecule has 4 aromatic rings. The molecule has 0 radical (unpaired) electrons. The molecule has 2 aromatic heterocycles. The SMILES string of the molecule is O=S(=O)(c1ccsc1)N1CCC(N2COCc3ccccc32)CC1.O=c1nc2ccccc2co1. The summed E-state index contributed by atoms with van der Waals surface area (Å²) in [6.07, 6.45) is 3.05. The van der Waals surface area contributed by atoms with Crippen molar-refractivity contribution in [2.45, 2.75) is 30.4 Å². The molecule has 2 aliphatic rings. The highest BCUT2D eigenvalue weighted by atomic mass is 32.2. The van der Waals surface area contributed by atoms with Crippen molar-refractivity contribution in [2.24, 2.45) is 0 Å². The molecule has 4 heterocycles. The number of hydrogen-bond donors (Lipinski definition) is 0. The Kier molecular flexibility index (Phi) is 6.96. The van der Waals surface area contributed by atoms with Gasteiger partial charge in [0.05, 0.1) is 17.0 Å². The van der Waals surface area contributed by atoms with Crippen LogP contribution in [-0.2, 0) is 21.4 Å². The molecule has 35 heavy (non-hydrogen) atoms. The summed E-state index contributed by atoms with van der Waals surface area (Å²) in [7, 11) is -3.34. The van der Waals surface area contributed by atoms with E-state index >= 15 is 0 Å². The van der Waals surface area contributed by atoms with Gasteiger partial charge in [0.15, 0.2) is 0 Å². The molecule has 1 fully saturated rings. The van der Waals surface area contributed by atoms with Crippen LogP contribution in [0.3, 0.4) is 0 Å². The lowest BCUT2D eigenvalue weighted by atomic mass is 10.0. The number of piperidine rings is 1. The van der Waals surface area contributed by atoms with Gasteiger partial charge in [-0.2, -0.15) is 20.6 Å². The molecule has 0 amide bonds. The van der Waals surface area contributed by atoms with Crippen LogP contribution < -0.4 is 10.7 Å². The lowest BCUT2D eigenvalue weighted by Crippen LogP contribution is -2.48. The van der Waals surface area contributed by atoms with Gasteiger partial charge in [-0.25, -0.2) is 13.2 Å². The third kappa shape index (κ3) is 5.15. The summed E-state index contributed by atoms with van der Waals surface area (Å²) in [5, 5.41) is 4.35. The third-order valence-corrected chi connectivity index (χ3v) is 8.95. The highest BCUT2D eigenvalue weighted by molar-refractivity contribution is 7.89. The number of sulfonamides is 1. The van der Waals surface area contributed by atoms with Crippen molar-refractivity contribution < 1.29 is 17.6 Å². The van der Waals surface area contributed by atoms with Gasteiger partial charge in [0, 0.05) is 41.1 Å². The van der Waals surface area contributed by atoms with E-state index in [4.69, 9.17) is 4.74 Å². The first-order chi connectivity index (χ1) is 17.0. The molecule has 2 aliphatic heterocycles. The highest BCUT2D eigenvalue weighted by Crippen LogP contribution is 2.32. The predicted octanol–water partition coefficient (Wildman–Crippen LogP) is 4.08. The average molecular weight is 512 g/mol. The van der Waals surface area contributed by atoms with Crippen LogP contribution >= 0.6 is 11.3 Å². The van der Waals surface area contributed by atoms with Crippen LogP contribution in [-0.4, -0.2) is 43.6 Å². The van der Waals surface area contributed by atoms with Crippen molar-refractivity contribution in [1.29, 1.82) is 0 Å². The maximum atomic E-state index is 12.6. The number of anilines is 1. The summed E-state index contributed by atoms with van der Waals surface area (Å²) >= 11 is 1.42. The molecular weight excluding hydrogens is 486 g/mol. The van der Waals surface area contributed by atoms with Crippen molar-refractivity contribution >= 4 is 38.0 Å². The van der Waals surface area contributed by atoms with Crippen LogP contribution in [0.4, 0.5) is 5.69 Å². The molecule has 10 heteroatoms. The smallest absolute Gasteiger partial charge is 0.416 e. The van der Waals surface area contributed by atoms with Crippen molar-refractivity contribution in [2.75, 3.05) is 24.7 Å². The molecule has 182 valence electrons. The molecule has 2 aromatic carbocycles. The summed E-state index contributed by atoms with van der Waals surface area (Å²) < 4.78 is 37.1. The second-order valence-electron chi connectivity index (χ2n) is 8.34. The largest absolute Gasteiger partial charge is 0.439 e. The van der Waals surface area contributed by atoms with Gasteiger partial charge in [-0.05, 0) is 42.5 Å². The van der Waals surface area contributed by atoms with Gasteiger partial charge < -0.3 is 14.1 Å². The molecule has 0 aliphatic carbocycles. The first kappa shape index (κ1) is 23.7. The van der Waals surface area contributed by atoms with E-state index in [0.29, 0.717) is 42.9 Å². The molecular formula is C25H25N3O5S2. The number of ether oxygens (including phenoxy) is 1. The lowest BCUT2D eigenvalue weighted by Gasteiger charge is -2.41. The van der Waals surface area contributed by atoms with E-state index in [2.05, 4.69) is 26.4 Å². The zero-order chi connectivity index (χ0) is 24.3. The Morgan fingerprint density at radius 2 is 1.77 bits per heavy atom. The lowest BCUT2D eigenvalue weighted by molar-refractivity contribution is 0.0988. The Labute approximate surface area is 207 Å². The summed E-state index contributed by atoms with van der Waals surface area (Å²) in [6.45, 7) is 2.35. The number of thiophene rings is 1. The van der Waals surface area contributed by atoms with Crippen molar-refractivity contribution in [3.63, 3.8) is 0 Å². The highest BCUT2D eigenvalue weighted by Gasteiger charge is 2.33. The van der Waals surface area contributed by atoms with E-state index in [1.165, 1.54) is 28.9 Å². The van der Waals surface area contributed by atoms with Crippen molar-refractivity contribution in [3.05, 3.63) is 87.7 Å². The van der Waals surface area contributed by atoms with Gasteiger partial charge in [-0.3, -0.25) is 0 Å². The van der Waals surface area contributed by atoms with Crippen LogP contribution in [0.2, 0.25) is 0 Å². The van der Waals surface area contributed by atoms with Gasteiger partial charge in [0.2, 0.25) is 10.0 Å². The number of rotatable bonds is 3. The van der Waals surface area contributed by atoms with E-state index in [1.54, 1.807) is 21.8 Å². The van der Waals surface area contributed by atoms with Crippen LogP contribution in [0.25, 0.3) is 10.9 Å². The van der Waals surface area contributed by atoms with E-state index < -0.39 is 15.8 Å². The van der Waals surface area contributed by atoms with E-state index in [9.17, 15) is 13.2 Å². The summed E-state index contributed by atoms with van der Waals surface area (Å²) in [5.41, 5.74) is 3.10. The molecule has 6 rings (SSSR count). The molecule has 0 bridgehead atoms. The third-order valence-electron chi connectivity index (χ3n) is 6.22. The minimum atomic E-state index is -3.34. The zero-order valence-corrected chi connectivity index (χ0v) is 20.6. The number of hydrogen-bond acceptors (Lipinski definition) is 8. The first-order valence-electron chi connectivity index (χ1n) is 11.3. The fourth-order valence-electron chi connectivity index (χ4n) is 4.41. The maximum Gasteiger partial charge on any atom is 0.439 e. The van der Waals surface area contributed by atoms with E-state index in [0.717, 1.165) is 18.2 Å². The fraction of sp³-hybridized carbons (Fsp3) is 0.280. The van der Waals surface area contributed by atoms with Crippen molar-refractivity contribution in [1.82, 2.24) is 9.29 Å². The van der Waals surface area contributed by atoms with Gasteiger partial charge in [0.1, 0.15) is 13.0 Å². The Hall–Kier alpha value is -3.05. The monoisotopic (exact) mass is 511 g/mol. The molecule has 0 saturated carbocycles. The molecule has 0 atom stereocenters. The average Bonchev–Trinajstić information content (AvgIpc) is 3.45. The predicted molar refractivity (Wildman–Crippen MR) is 135 cm³/mol. The standard InChI is InChI=1S/C17H20N2O3S2.C8H5NO2/c20-24(21,16-7-10-23-12-16)18-8-5-15(6-9-18)19-13-22-11-14-3-1-2-4-17(14)19;10-8-9-7-4-2-1-3-6(7)5-11-8/h1-4,7,10,12,15H,5-6,8-9,11,13H2;1-5H. The Balaban J connectivity index is 0.000000192. The van der Waals surface area contributed by atoms with Crippen LogP contribution in [0.1, 0.15) is 18.4 Å². The number of fused-ring (bicyclic) bond motifs is 2. The Morgan fingerprint density at radius 3 is 2.57 bits per heavy atom. The summed E-state index contributed by atoms with van der Waals surface area (Å²) in [4.78, 5) is 17.0. The molecule has 0 unspecified atom stereocenters. The zero-order valence-electron chi connectivity index (χ0n) is 18.9. The Bertz CT molecular complexity index is 1450. The van der Waals surface area contributed by atoms with Gasteiger partial charge in [-0.15, -0.1) is 0 Å². The molecule has 0 spiro atoms. The van der Waals surface area contributed by atoms with Gasteiger partial charge in [-0.1, -0.05) is 30.3 Å². The maximum absolute atomic E-state index is 12.6. The van der Waals surface area contributed by atoms with Gasteiger partial charge >= 0.3 is 5.76 Å². The van der Waals surface area contributed by atoms with E-state index in [-0.39, 0.29) is 0 Å². The quantitative estimate of drug-likeness (QED) is 0.409. The number of aromatic nitrogens is 1. The first-order valence-corrected chi connectivity index (χ1v) is 13.7. The second-order valence-corrected chi connectivity index (χ2v) is 11.1. The fourth-order valence-corrected chi connectivity index (χ4v) is 6.89. The summed E-state index contributed by atoms with van der Waals surface area (Å²) in [6, 6.07) is 17.6. The minimum Gasteiger partial charge on any atom is -0.416 e. The number of para-hydroxylation sites is 2. The topological polar surface area (TPSA) is 93.0 Å². The molecule has 8 nitrogen and oxygen atoms in total. The summed E-state index contributed by atoms with van der Waals surface area (Å²) in [5.74, 6) is -0.552. The molecule has 1 saturated heterocycles. The van der Waals surface area contributed by atoms with Crippen LogP contribution in [0, 0.1) is 0 Å². The normalized spacial score (nSPS) is 17.0.